The normalized spacial score (nSPS) is 19.9. The van der Waals surface area contributed by atoms with E-state index in [1.54, 1.807) is 6.08 Å². The number of unbranched alkanes of at least 4 members (excludes halogenated alkanes) is 31. The Bertz CT molecular complexity index is 1270. The number of nitrogens with one attached hydrogen (secondary N) is 1. The zero-order chi connectivity index (χ0) is 50.1. The van der Waals surface area contributed by atoms with Crippen molar-refractivity contribution < 1.29 is 39.8 Å². The number of aliphatic hydroxyl groups is 5. The van der Waals surface area contributed by atoms with E-state index in [4.69, 9.17) is 9.47 Å². The van der Waals surface area contributed by atoms with Gasteiger partial charge >= 0.3 is 0 Å². The van der Waals surface area contributed by atoms with Crippen molar-refractivity contribution in [2.75, 3.05) is 13.2 Å². The fourth-order valence-electron chi connectivity index (χ4n) is 8.93. The highest BCUT2D eigenvalue weighted by Crippen LogP contribution is 2.23. The number of allylic oxidation sites excluding steroid dienone is 9. The van der Waals surface area contributed by atoms with Crippen LogP contribution in [-0.2, 0) is 14.3 Å². The molecular weight excluding hydrogens is 863 g/mol. The Hall–Kier alpha value is -2.11. The van der Waals surface area contributed by atoms with Crippen molar-refractivity contribution in [3.63, 3.8) is 0 Å². The van der Waals surface area contributed by atoms with Crippen molar-refractivity contribution >= 4 is 5.91 Å². The lowest BCUT2D eigenvalue weighted by molar-refractivity contribution is -0.302. The van der Waals surface area contributed by atoms with Gasteiger partial charge in [-0.15, -0.1) is 0 Å². The largest absolute Gasteiger partial charge is 0.394 e. The summed E-state index contributed by atoms with van der Waals surface area (Å²) in [6.45, 7) is 3.72. The molecule has 0 aromatic rings. The third-order valence-electron chi connectivity index (χ3n) is 13.5. The van der Waals surface area contributed by atoms with Crippen LogP contribution in [-0.4, -0.2) is 87.5 Å². The molecule has 1 aliphatic rings. The molecule has 0 saturated carbocycles. The molecular formula is C60H109NO8. The second kappa shape index (κ2) is 49.5. The molecule has 69 heavy (non-hydrogen) atoms. The number of ether oxygens (including phenoxy) is 2. The molecule has 9 heteroatoms. The summed E-state index contributed by atoms with van der Waals surface area (Å²) in [5.41, 5.74) is 0. The summed E-state index contributed by atoms with van der Waals surface area (Å²) in [7, 11) is 0. The monoisotopic (exact) mass is 972 g/mol. The van der Waals surface area contributed by atoms with Gasteiger partial charge in [0.25, 0.3) is 0 Å². The van der Waals surface area contributed by atoms with Crippen molar-refractivity contribution in [3.8, 4) is 0 Å². The molecule has 1 aliphatic heterocycles. The van der Waals surface area contributed by atoms with Gasteiger partial charge in [-0.25, -0.2) is 0 Å². The van der Waals surface area contributed by atoms with Gasteiger partial charge in [0.1, 0.15) is 24.4 Å². The fourth-order valence-corrected chi connectivity index (χ4v) is 8.93. The predicted octanol–water partition coefficient (Wildman–Crippen LogP) is 14.3. The van der Waals surface area contributed by atoms with Crippen molar-refractivity contribution in [3.05, 3.63) is 60.8 Å². The van der Waals surface area contributed by atoms with E-state index in [0.29, 0.717) is 6.42 Å². The highest BCUT2D eigenvalue weighted by atomic mass is 16.7. The third kappa shape index (κ3) is 39.1. The van der Waals surface area contributed by atoms with Crippen LogP contribution in [0, 0.1) is 0 Å². The zero-order valence-electron chi connectivity index (χ0n) is 44.6. The molecule has 0 bridgehead atoms. The topological polar surface area (TPSA) is 149 Å². The number of amides is 1. The van der Waals surface area contributed by atoms with Crippen molar-refractivity contribution in [2.45, 2.75) is 301 Å². The minimum atomic E-state index is -1.57. The van der Waals surface area contributed by atoms with E-state index in [9.17, 15) is 30.3 Å². The van der Waals surface area contributed by atoms with Crippen molar-refractivity contribution in [1.29, 1.82) is 0 Å². The van der Waals surface area contributed by atoms with Gasteiger partial charge < -0.3 is 40.3 Å². The van der Waals surface area contributed by atoms with E-state index in [0.717, 1.165) is 57.8 Å². The first-order chi connectivity index (χ1) is 33.8. The molecule has 0 aliphatic carbocycles. The van der Waals surface area contributed by atoms with Crippen LogP contribution >= 0.6 is 0 Å². The smallest absolute Gasteiger partial charge is 0.220 e. The molecule has 1 rings (SSSR count). The Labute approximate surface area is 424 Å². The summed E-state index contributed by atoms with van der Waals surface area (Å²) >= 11 is 0. The maximum absolute atomic E-state index is 13.0. The highest BCUT2D eigenvalue weighted by molar-refractivity contribution is 5.76. The van der Waals surface area contributed by atoms with Gasteiger partial charge in [0.15, 0.2) is 6.29 Å². The molecule has 0 aromatic carbocycles. The first-order valence-corrected chi connectivity index (χ1v) is 29.0. The number of aliphatic hydroxyl groups excluding tert-OH is 5. The van der Waals surface area contributed by atoms with E-state index >= 15 is 0 Å². The molecule has 1 fully saturated rings. The molecule has 402 valence electrons. The molecule has 1 amide bonds. The number of carbonyl (C=O) groups excluding carboxylic acids is 1. The Morgan fingerprint density at radius 1 is 0.493 bits per heavy atom. The molecule has 0 aromatic heterocycles. The lowest BCUT2D eigenvalue weighted by Gasteiger charge is -2.40. The maximum Gasteiger partial charge on any atom is 0.220 e. The summed E-state index contributed by atoms with van der Waals surface area (Å²) in [5, 5.41) is 54.3. The second-order valence-corrected chi connectivity index (χ2v) is 20.1. The molecule has 9 nitrogen and oxygen atoms in total. The highest BCUT2D eigenvalue weighted by Gasteiger charge is 2.44. The maximum atomic E-state index is 13.0. The number of hydrogen-bond donors (Lipinski definition) is 6. The van der Waals surface area contributed by atoms with Crippen LogP contribution in [0.2, 0.25) is 0 Å². The van der Waals surface area contributed by atoms with Crippen LogP contribution in [0.4, 0.5) is 0 Å². The first kappa shape index (κ1) is 64.9. The standard InChI is InChI=1S/C60H109NO8/c1-3-5-7-9-11-13-15-17-18-19-20-21-22-23-24-25-26-27-28-29-30-31-32-33-34-35-36-38-40-42-44-46-48-50-56(64)61-53(52-68-60-59(67)58(66)57(65)55(51-62)69-60)54(63)49-47-45-43-41-39-37-16-14-12-10-8-6-4-2/h12,14-15,17,19-20,39,41,47,49,53-55,57-60,62-63,65-67H,3-11,13,16,18,21-38,40,42-46,48,50-52H2,1-2H3,(H,61,64)/b14-12+,17-15-,20-19-,41-39+,49-47+. The summed E-state index contributed by atoms with van der Waals surface area (Å²) in [4.78, 5) is 13.0. The zero-order valence-corrected chi connectivity index (χ0v) is 44.6. The van der Waals surface area contributed by atoms with Crippen molar-refractivity contribution in [1.82, 2.24) is 5.32 Å². The summed E-state index contributed by atoms with van der Waals surface area (Å²) in [5.74, 6) is -0.190. The van der Waals surface area contributed by atoms with Crippen LogP contribution in [0.15, 0.2) is 60.8 Å². The molecule has 0 spiro atoms. The Morgan fingerprint density at radius 3 is 1.33 bits per heavy atom. The van der Waals surface area contributed by atoms with Crippen LogP contribution in [0.5, 0.6) is 0 Å². The Morgan fingerprint density at radius 2 is 0.870 bits per heavy atom. The predicted molar refractivity (Wildman–Crippen MR) is 290 cm³/mol. The van der Waals surface area contributed by atoms with Crippen LogP contribution in [0.25, 0.3) is 0 Å². The van der Waals surface area contributed by atoms with E-state index < -0.39 is 49.5 Å². The minimum absolute atomic E-state index is 0.190. The van der Waals surface area contributed by atoms with Gasteiger partial charge in [-0.3, -0.25) is 4.79 Å². The SMILES string of the molecule is CCCCC/C=C/CC/C=C/CC/C=C/C(O)C(COC1OC(CO)C(O)C(O)C1O)NC(=O)CCCCCCCCCCCCCCCCCCCCCCC/C=C\C/C=C\CCCCCCC. The second-order valence-electron chi connectivity index (χ2n) is 20.1. The first-order valence-electron chi connectivity index (χ1n) is 29.0. The summed E-state index contributed by atoms with van der Waals surface area (Å²) in [6, 6.07) is -0.827. The van der Waals surface area contributed by atoms with E-state index in [1.807, 2.05) is 6.08 Å². The van der Waals surface area contributed by atoms with Gasteiger partial charge in [0, 0.05) is 6.42 Å². The molecule has 7 atom stereocenters. The molecule has 1 saturated heterocycles. The number of rotatable bonds is 49. The van der Waals surface area contributed by atoms with Gasteiger partial charge in [-0.2, -0.15) is 0 Å². The van der Waals surface area contributed by atoms with Crippen LogP contribution in [0.1, 0.15) is 258 Å². The lowest BCUT2D eigenvalue weighted by Crippen LogP contribution is -2.60. The Balaban J connectivity index is 2.12. The summed E-state index contributed by atoms with van der Waals surface area (Å²) < 4.78 is 11.2. The fraction of sp³-hybridized carbons (Fsp3) is 0.817. The third-order valence-corrected chi connectivity index (χ3v) is 13.5. The Kier molecular flexibility index (Phi) is 46.5. The van der Waals surface area contributed by atoms with Gasteiger partial charge in [-0.1, -0.05) is 235 Å². The van der Waals surface area contributed by atoms with Crippen LogP contribution in [0.3, 0.4) is 0 Å². The van der Waals surface area contributed by atoms with Crippen LogP contribution < -0.4 is 5.32 Å². The summed E-state index contributed by atoms with van der Waals surface area (Å²) in [6.07, 6.45) is 60.2. The molecule has 7 unspecified atom stereocenters. The van der Waals surface area contributed by atoms with Gasteiger partial charge in [-0.05, 0) is 77.0 Å². The lowest BCUT2D eigenvalue weighted by atomic mass is 9.99. The van der Waals surface area contributed by atoms with E-state index in [1.165, 1.54) is 180 Å². The van der Waals surface area contributed by atoms with Gasteiger partial charge in [0.2, 0.25) is 5.91 Å². The minimum Gasteiger partial charge on any atom is -0.394 e. The molecule has 0 radical (unpaired) electrons. The van der Waals surface area contributed by atoms with E-state index in [2.05, 4.69) is 67.8 Å². The molecule has 6 N–H and O–H groups in total. The van der Waals surface area contributed by atoms with Gasteiger partial charge in [0.05, 0.1) is 25.4 Å². The van der Waals surface area contributed by atoms with Crippen molar-refractivity contribution in [2.24, 2.45) is 0 Å². The quantitative estimate of drug-likeness (QED) is 0.0261. The number of carbonyl (C=O) groups is 1. The average Bonchev–Trinajstić information content (AvgIpc) is 3.35. The molecule has 1 heterocycles. The van der Waals surface area contributed by atoms with E-state index in [-0.39, 0.29) is 12.5 Å². The number of hydrogen-bond acceptors (Lipinski definition) is 8. The average molecular weight is 973 g/mol.